The lowest BCUT2D eigenvalue weighted by Crippen LogP contribution is -2.50. The number of alkyl carbamates (subject to hydrolysis) is 1. The topological polar surface area (TPSA) is 78.8 Å². The molecule has 0 saturated carbocycles. The first-order valence-electron chi connectivity index (χ1n) is 5.45. The molecular weight excluding hydrogens is 210 g/mol. The summed E-state index contributed by atoms with van der Waals surface area (Å²) in [5, 5.41) is 20.5. The molecule has 5 heteroatoms. The van der Waals surface area contributed by atoms with E-state index in [1.165, 1.54) is 0 Å². The molecule has 0 aromatic rings. The van der Waals surface area contributed by atoms with Crippen molar-refractivity contribution in [1.82, 2.24) is 5.32 Å². The van der Waals surface area contributed by atoms with Crippen molar-refractivity contribution in [2.45, 2.75) is 51.7 Å². The van der Waals surface area contributed by atoms with Crippen molar-refractivity contribution in [1.29, 1.82) is 0 Å². The van der Waals surface area contributed by atoms with E-state index >= 15 is 0 Å². The molecule has 0 aliphatic heterocycles. The Bertz CT molecular complexity index is 225. The standard InChI is InChI=1S/C11H23NO4/c1-10(2,3)16-9(15)12-11(4,8-14)6-5-7-13/h13-14H,5-8H2,1-4H3,(H,12,15)/t11-/m1/s1. The van der Waals surface area contributed by atoms with Gasteiger partial charge < -0.3 is 20.3 Å². The van der Waals surface area contributed by atoms with Gasteiger partial charge in [-0.2, -0.15) is 0 Å². The van der Waals surface area contributed by atoms with Crippen molar-refractivity contribution in [3.8, 4) is 0 Å². The summed E-state index contributed by atoms with van der Waals surface area (Å²) in [4.78, 5) is 11.5. The fourth-order valence-corrected chi connectivity index (χ4v) is 1.20. The molecule has 96 valence electrons. The van der Waals surface area contributed by atoms with Crippen LogP contribution in [0.15, 0.2) is 0 Å². The predicted molar refractivity (Wildman–Crippen MR) is 61.2 cm³/mol. The van der Waals surface area contributed by atoms with E-state index in [0.717, 1.165) is 0 Å². The Balaban J connectivity index is 4.25. The van der Waals surface area contributed by atoms with Crippen LogP contribution in [0.4, 0.5) is 4.79 Å². The fourth-order valence-electron chi connectivity index (χ4n) is 1.20. The van der Waals surface area contributed by atoms with Crippen LogP contribution in [-0.4, -0.2) is 40.7 Å². The number of nitrogens with one attached hydrogen (secondary N) is 1. The van der Waals surface area contributed by atoms with Crippen LogP contribution in [0.3, 0.4) is 0 Å². The van der Waals surface area contributed by atoms with Gasteiger partial charge in [0.05, 0.1) is 12.1 Å². The molecule has 0 aromatic heterocycles. The Morgan fingerprint density at radius 3 is 2.19 bits per heavy atom. The van der Waals surface area contributed by atoms with Gasteiger partial charge in [0, 0.05) is 6.61 Å². The molecule has 0 rings (SSSR count). The molecule has 0 aromatic carbocycles. The minimum absolute atomic E-state index is 0.0333. The summed E-state index contributed by atoms with van der Waals surface area (Å²) in [6, 6.07) is 0. The summed E-state index contributed by atoms with van der Waals surface area (Å²) in [7, 11) is 0. The number of carbonyl (C=O) groups excluding carboxylic acids is 1. The third kappa shape index (κ3) is 6.63. The van der Waals surface area contributed by atoms with Crippen molar-refractivity contribution in [2.24, 2.45) is 0 Å². The van der Waals surface area contributed by atoms with Crippen LogP contribution in [0.2, 0.25) is 0 Å². The monoisotopic (exact) mass is 233 g/mol. The Kier molecular flexibility index (Phi) is 5.75. The first-order chi connectivity index (χ1) is 7.22. The summed E-state index contributed by atoms with van der Waals surface area (Å²) < 4.78 is 5.09. The number of rotatable bonds is 5. The van der Waals surface area contributed by atoms with Gasteiger partial charge in [-0.05, 0) is 40.5 Å². The van der Waals surface area contributed by atoms with Crippen LogP contribution >= 0.6 is 0 Å². The van der Waals surface area contributed by atoms with Crippen molar-refractivity contribution < 1.29 is 19.7 Å². The van der Waals surface area contributed by atoms with Crippen molar-refractivity contribution >= 4 is 6.09 Å². The van der Waals surface area contributed by atoms with E-state index in [-0.39, 0.29) is 13.2 Å². The summed E-state index contributed by atoms with van der Waals surface area (Å²) >= 11 is 0. The average Bonchev–Trinajstić information content (AvgIpc) is 2.11. The van der Waals surface area contributed by atoms with E-state index in [2.05, 4.69) is 5.32 Å². The molecular formula is C11H23NO4. The number of amides is 1. The molecule has 3 N–H and O–H groups in total. The molecule has 16 heavy (non-hydrogen) atoms. The third-order valence-corrected chi connectivity index (χ3v) is 2.04. The van der Waals surface area contributed by atoms with E-state index in [1.54, 1.807) is 27.7 Å². The molecule has 0 radical (unpaired) electrons. The Hall–Kier alpha value is -0.810. The molecule has 0 spiro atoms. The maximum Gasteiger partial charge on any atom is 0.408 e. The molecule has 0 heterocycles. The predicted octanol–water partition coefficient (Wildman–Crippen LogP) is 1.03. The van der Waals surface area contributed by atoms with Gasteiger partial charge in [0.1, 0.15) is 5.60 Å². The second-order valence-corrected chi connectivity index (χ2v) is 5.17. The average molecular weight is 233 g/mol. The minimum Gasteiger partial charge on any atom is -0.444 e. The lowest BCUT2D eigenvalue weighted by atomic mass is 9.97. The van der Waals surface area contributed by atoms with Gasteiger partial charge in [-0.15, -0.1) is 0 Å². The number of carbonyl (C=O) groups is 1. The number of hydrogen-bond donors (Lipinski definition) is 3. The highest BCUT2D eigenvalue weighted by molar-refractivity contribution is 5.68. The Morgan fingerprint density at radius 1 is 1.25 bits per heavy atom. The Morgan fingerprint density at radius 2 is 1.81 bits per heavy atom. The zero-order valence-corrected chi connectivity index (χ0v) is 10.5. The molecule has 0 aliphatic carbocycles. The van der Waals surface area contributed by atoms with E-state index in [1.807, 2.05) is 0 Å². The van der Waals surface area contributed by atoms with Crippen molar-refractivity contribution in [3.05, 3.63) is 0 Å². The first-order valence-corrected chi connectivity index (χ1v) is 5.45. The summed E-state index contributed by atoms with van der Waals surface area (Å²) in [5.74, 6) is 0. The normalized spacial score (nSPS) is 15.4. The van der Waals surface area contributed by atoms with Gasteiger partial charge >= 0.3 is 6.09 Å². The number of aliphatic hydroxyl groups excluding tert-OH is 2. The SMILES string of the molecule is CC(C)(C)OC(=O)N[C@@](C)(CO)CCCO. The van der Waals surface area contributed by atoms with Gasteiger partial charge in [-0.3, -0.25) is 0 Å². The third-order valence-electron chi connectivity index (χ3n) is 2.04. The van der Waals surface area contributed by atoms with Gasteiger partial charge in [-0.1, -0.05) is 0 Å². The summed E-state index contributed by atoms with van der Waals surface area (Å²) in [6.07, 6.45) is 0.466. The quantitative estimate of drug-likeness (QED) is 0.663. The molecule has 0 aliphatic rings. The maximum absolute atomic E-state index is 11.5. The van der Waals surface area contributed by atoms with Gasteiger partial charge in [-0.25, -0.2) is 4.79 Å². The lowest BCUT2D eigenvalue weighted by molar-refractivity contribution is 0.0399. The minimum atomic E-state index is -0.745. The van der Waals surface area contributed by atoms with E-state index in [4.69, 9.17) is 9.84 Å². The highest BCUT2D eigenvalue weighted by Gasteiger charge is 2.27. The highest BCUT2D eigenvalue weighted by atomic mass is 16.6. The Labute approximate surface area is 96.8 Å². The summed E-state index contributed by atoms with van der Waals surface area (Å²) in [6.45, 7) is 6.88. The van der Waals surface area contributed by atoms with Gasteiger partial charge in [0.15, 0.2) is 0 Å². The molecule has 0 saturated heterocycles. The summed E-state index contributed by atoms with van der Waals surface area (Å²) in [5.41, 5.74) is -1.30. The van der Waals surface area contributed by atoms with Crippen LogP contribution in [0, 0.1) is 0 Å². The van der Waals surface area contributed by atoms with Crippen LogP contribution in [0.1, 0.15) is 40.5 Å². The van der Waals surface area contributed by atoms with Gasteiger partial charge in [0.25, 0.3) is 0 Å². The van der Waals surface area contributed by atoms with Crippen LogP contribution < -0.4 is 5.32 Å². The molecule has 0 unspecified atom stereocenters. The fraction of sp³-hybridized carbons (Fsp3) is 0.909. The van der Waals surface area contributed by atoms with E-state index in [0.29, 0.717) is 12.8 Å². The molecule has 0 bridgehead atoms. The van der Waals surface area contributed by atoms with Crippen LogP contribution in [-0.2, 0) is 4.74 Å². The van der Waals surface area contributed by atoms with Crippen molar-refractivity contribution in [2.75, 3.05) is 13.2 Å². The number of aliphatic hydroxyl groups is 2. The second-order valence-electron chi connectivity index (χ2n) is 5.17. The maximum atomic E-state index is 11.5. The van der Waals surface area contributed by atoms with Crippen LogP contribution in [0.5, 0.6) is 0 Å². The number of ether oxygens (including phenoxy) is 1. The van der Waals surface area contributed by atoms with Crippen molar-refractivity contribution in [3.63, 3.8) is 0 Å². The number of hydrogen-bond acceptors (Lipinski definition) is 4. The zero-order valence-electron chi connectivity index (χ0n) is 10.5. The highest BCUT2D eigenvalue weighted by Crippen LogP contribution is 2.13. The molecule has 5 nitrogen and oxygen atoms in total. The zero-order chi connectivity index (χ0) is 12.8. The smallest absolute Gasteiger partial charge is 0.408 e. The van der Waals surface area contributed by atoms with Crippen LogP contribution in [0.25, 0.3) is 0 Å². The van der Waals surface area contributed by atoms with Gasteiger partial charge in [0.2, 0.25) is 0 Å². The largest absolute Gasteiger partial charge is 0.444 e. The molecule has 0 fully saturated rings. The molecule has 1 amide bonds. The van der Waals surface area contributed by atoms with E-state index in [9.17, 15) is 9.90 Å². The second kappa shape index (κ2) is 6.06. The lowest BCUT2D eigenvalue weighted by Gasteiger charge is -2.30. The molecule has 1 atom stereocenters. The first kappa shape index (κ1) is 15.2. The van der Waals surface area contributed by atoms with E-state index < -0.39 is 17.2 Å².